The standard InChI is InChI=1S/C14H15N7O/c1-9-15-3-2-10(20-9)11-6-21(4-5-22-11)14-12-13(17-7-16-12)18-8-19-14/h2-3,7-8,11H,4-6H2,1H3,(H,16,17,18,19). The Balaban J connectivity index is 1.65. The molecule has 1 unspecified atom stereocenters. The van der Waals surface area contributed by atoms with Crippen LogP contribution < -0.4 is 4.90 Å². The lowest BCUT2D eigenvalue weighted by Gasteiger charge is -2.33. The number of nitrogens with one attached hydrogen (secondary N) is 1. The predicted molar refractivity (Wildman–Crippen MR) is 79.4 cm³/mol. The van der Waals surface area contributed by atoms with Crippen molar-refractivity contribution >= 4 is 17.0 Å². The zero-order valence-electron chi connectivity index (χ0n) is 12.1. The number of aromatic nitrogens is 6. The van der Waals surface area contributed by atoms with E-state index in [9.17, 15) is 0 Å². The number of aryl methyl sites for hydroxylation is 1. The molecule has 0 spiro atoms. The molecule has 3 aromatic rings. The highest BCUT2D eigenvalue weighted by atomic mass is 16.5. The molecule has 8 heteroatoms. The first kappa shape index (κ1) is 13.1. The zero-order valence-corrected chi connectivity index (χ0v) is 12.1. The maximum Gasteiger partial charge on any atom is 0.182 e. The number of rotatable bonds is 2. The summed E-state index contributed by atoms with van der Waals surface area (Å²) in [5.74, 6) is 1.60. The van der Waals surface area contributed by atoms with E-state index in [0.29, 0.717) is 18.8 Å². The number of nitrogens with zero attached hydrogens (tertiary/aromatic N) is 6. The first-order valence-corrected chi connectivity index (χ1v) is 7.11. The van der Waals surface area contributed by atoms with Crippen LogP contribution in [0, 0.1) is 6.92 Å². The monoisotopic (exact) mass is 297 g/mol. The molecule has 8 nitrogen and oxygen atoms in total. The van der Waals surface area contributed by atoms with Gasteiger partial charge in [0.25, 0.3) is 0 Å². The molecule has 1 saturated heterocycles. The molecule has 112 valence electrons. The average Bonchev–Trinajstić information content (AvgIpc) is 3.03. The Bertz CT molecular complexity index is 802. The summed E-state index contributed by atoms with van der Waals surface area (Å²) in [6.45, 7) is 3.95. The van der Waals surface area contributed by atoms with Gasteiger partial charge in [0.15, 0.2) is 11.5 Å². The molecule has 4 rings (SSSR count). The molecule has 1 N–H and O–H groups in total. The van der Waals surface area contributed by atoms with Gasteiger partial charge in [-0.25, -0.2) is 24.9 Å². The topological polar surface area (TPSA) is 92.7 Å². The van der Waals surface area contributed by atoms with Crippen molar-refractivity contribution in [1.82, 2.24) is 29.9 Å². The minimum absolute atomic E-state index is 0.0941. The van der Waals surface area contributed by atoms with Gasteiger partial charge in [0, 0.05) is 12.7 Å². The molecule has 0 aliphatic carbocycles. The molecule has 1 aliphatic heterocycles. The highest BCUT2D eigenvalue weighted by Crippen LogP contribution is 2.26. The summed E-state index contributed by atoms with van der Waals surface area (Å²) in [6.07, 6.45) is 4.84. The van der Waals surface area contributed by atoms with Crippen LogP contribution in [-0.4, -0.2) is 49.6 Å². The second kappa shape index (κ2) is 5.30. The maximum absolute atomic E-state index is 5.86. The number of fused-ring (bicyclic) bond motifs is 1. The quantitative estimate of drug-likeness (QED) is 0.755. The van der Waals surface area contributed by atoms with Crippen LogP contribution in [0.15, 0.2) is 24.9 Å². The molecule has 1 fully saturated rings. The van der Waals surface area contributed by atoms with Gasteiger partial charge in [-0.15, -0.1) is 0 Å². The number of hydrogen-bond donors (Lipinski definition) is 1. The van der Waals surface area contributed by atoms with E-state index in [1.54, 1.807) is 12.5 Å². The second-order valence-corrected chi connectivity index (χ2v) is 5.13. The second-order valence-electron chi connectivity index (χ2n) is 5.13. The van der Waals surface area contributed by atoms with E-state index in [4.69, 9.17) is 4.74 Å². The van der Waals surface area contributed by atoms with Crippen LogP contribution >= 0.6 is 0 Å². The lowest BCUT2D eigenvalue weighted by Crippen LogP contribution is -2.39. The summed E-state index contributed by atoms with van der Waals surface area (Å²) < 4.78 is 5.86. The molecule has 0 aromatic carbocycles. The molecule has 4 heterocycles. The van der Waals surface area contributed by atoms with Crippen LogP contribution in [0.3, 0.4) is 0 Å². The van der Waals surface area contributed by atoms with Crippen molar-refractivity contribution in [2.45, 2.75) is 13.0 Å². The first-order chi connectivity index (χ1) is 10.8. The summed E-state index contributed by atoms with van der Waals surface area (Å²) in [7, 11) is 0. The van der Waals surface area contributed by atoms with Gasteiger partial charge in [-0.1, -0.05) is 0 Å². The summed E-state index contributed by atoms with van der Waals surface area (Å²) in [4.78, 5) is 26.6. The van der Waals surface area contributed by atoms with Crippen LogP contribution in [0.4, 0.5) is 5.82 Å². The Hall–Kier alpha value is -2.61. The first-order valence-electron chi connectivity index (χ1n) is 7.11. The van der Waals surface area contributed by atoms with E-state index < -0.39 is 0 Å². The molecule has 3 aromatic heterocycles. The molecule has 1 atom stereocenters. The van der Waals surface area contributed by atoms with Gasteiger partial charge < -0.3 is 14.6 Å². The molecule has 0 saturated carbocycles. The molecule has 0 amide bonds. The van der Waals surface area contributed by atoms with E-state index >= 15 is 0 Å². The summed E-state index contributed by atoms with van der Waals surface area (Å²) >= 11 is 0. The summed E-state index contributed by atoms with van der Waals surface area (Å²) in [5, 5.41) is 0. The third-order valence-electron chi connectivity index (χ3n) is 3.70. The van der Waals surface area contributed by atoms with Crippen LogP contribution in [0.1, 0.15) is 17.6 Å². The number of H-pyrrole nitrogens is 1. The third-order valence-corrected chi connectivity index (χ3v) is 3.70. The Labute approximate surface area is 126 Å². The smallest absolute Gasteiger partial charge is 0.182 e. The van der Waals surface area contributed by atoms with Gasteiger partial charge in [0.2, 0.25) is 0 Å². The van der Waals surface area contributed by atoms with E-state index in [0.717, 1.165) is 29.4 Å². The van der Waals surface area contributed by atoms with E-state index in [1.165, 1.54) is 6.33 Å². The Morgan fingerprint density at radius 3 is 3.14 bits per heavy atom. The number of morpholine rings is 1. The fourth-order valence-electron chi connectivity index (χ4n) is 2.67. The number of ether oxygens (including phenoxy) is 1. The molecular weight excluding hydrogens is 282 g/mol. The fraction of sp³-hybridized carbons (Fsp3) is 0.357. The van der Waals surface area contributed by atoms with Gasteiger partial charge >= 0.3 is 0 Å². The molecule has 1 aliphatic rings. The van der Waals surface area contributed by atoms with E-state index in [-0.39, 0.29) is 6.10 Å². The van der Waals surface area contributed by atoms with Crippen LogP contribution in [0.2, 0.25) is 0 Å². The van der Waals surface area contributed by atoms with Gasteiger partial charge in [-0.05, 0) is 13.0 Å². The normalized spacial score (nSPS) is 18.8. The summed E-state index contributed by atoms with van der Waals surface area (Å²) in [6, 6.07) is 1.90. The largest absolute Gasteiger partial charge is 0.368 e. The van der Waals surface area contributed by atoms with Crippen molar-refractivity contribution in [3.05, 3.63) is 36.4 Å². The van der Waals surface area contributed by atoms with Gasteiger partial charge in [-0.2, -0.15) is 0 Å². The highest BCUT2D eigenvalue weighted by Gasteiger charge is 2.25. The van der Waals surface area contributed by atoms with E-state index in [2.05, 4.69) is 34.8 Å². The lowest BCUT2D eigenvalue weighted by atomic mass is 10.2. The fourth-order valence-corrected chi connectivity index (χ4v) is 2.67. The van der Waals surface area contributed by atoms with Crippen molar-refractivity contribution in [3.8, 4) is 0 Å². The van der Waals surface area contributed by atoms with Gasteiger partial charge in [0.05, 0.1) is 25.2 Å². The number of aromatic amines is 1. The van der Waals surface area contributed by atoms with Crippen LogP contribution in [-0.2, 0) is 4.74 Å². The lowest BCUT2D eigenvalue weighted by molar-refractivity contribution is 0.0366. The third kappa shape index (κ3) is 2.27. The molecule has 0 radical (unpaired) electrons. The minimum Gasteiger partial charge on any atom is -0.368 e. The highest BCUT2D eigenvalue weighted by molar-refractivity contribution is 5.82. The SMILES string of the molecule is Cc1nccc(C2CN(c3ncnc4nc[nH]c34)CCO2)n1. The zero-order chi connectivity index (χ0) is 14.9. The maximum atomic E-state index is 5.86. The van der Waals surface area contributed by atoms with Crippen molar-refractivity contribution in [2.24, 2.45) is 0 Å². The number of anilines is 1. The molecule has 0 bridgehead atoms. The number of hydrogen-bond acceptors (Lipinski definition) is 7. The molecular formula is C14H15N7O. The van der Waals surface area contributed by atoms with Crippen LogP contribution in [0.5, 0.6) is 0 Å². The Kier molecular flexibility index (Phi) is 3.15. The van der Waals surface area contributed by atoms with Crippen molar-refractivity contribution in [3.63, 3.8) is 0 Å². The van der Waals surface area contributed by atoms with E-state index in [1.807, 2.05) is 13.0 Å². The minimum atomic E-state index is -0.0941. The van der Waals surface area contributed by atoms with Crippen molar-refractivity contribution in [2.75, 3.05) is 24.6 Å². The van der Waals surface area contributed by atoms with Crippen LogP contribution in [0.25, 0.3) is 11.2 Å². The van der Waals surface area contributed by atoms with Gasteiger partial charge in [-0.3, -0.25) is 0 Å². The Morgan fingerprint density at radius 1 is 1.27 bits per heavy atom. The Morgan fingerprint density at radius 2 is 2.23 bits per heavy atom. The average molecular weight is 297 g/mol. The predicted octanol–water partition coefficient (Wildman–Crippen LogP) is 1.03. The number of imidazole rings is 1. The molecule has 22 heavy (non-hydrogen) atoms. The van der Waals surface area contributed by atoms with Gasteiger partial charge in [0.1, 0.15) is 23.8 Å². The van der Waals surface area contributed by atoms with Crippen molar-refractivity contribution < 1.29 is 4.74 Å². The summed E-state index contributed by atoms with van der Waals surface area (Å²) in [5.41, 5.74) is 2.42. The van der Waals surface area contributed by atoms with Crippen molar-refractivity contribution in [1.29, 1.82) is 0 Å².